The van der Waals surface area contributed by atoms with E-state index >= 15 is 0 Å². The number of para-hydroxylation sites is 2. The number of rotatable bonds is 12. The van der Waals surface area contributed by atoms with Gasteiger partial charge in [-0.25, -0.2) is 0 Å². The molecule has 3 nitrogen and oxygen atoms in total. The molecule has 0 spiro atoms. The van der Waals surface area contributed by atoms with E-state index in [-0.39, 0.29) is 0 Å². The normalized spacial score (nSPS) is 19.6. The lowest BCUT2D eigenvalue weighted by atomic mass is 10.2. The lowest BCUT2D eigenvalue weighted by Gasteiger charge is -2.34. The molecule has 0 unspecified atom stereocenters. The van der Waals surface area contributed by atoms with Gasteiger partial charge in [0.25, 0.3) is 0 Å². The highest BCUT2D eigenvalue weighted by atomic mass is 16.5. The molecule has 2 aliphatic rings. The van der Waals surface area contributed by atoms with E-state index in [9.17, 15) is 0 Å². The van der Waals surface area contributed by atoms with E-state index in [4.69, 9.17) is 4.74 Å². The third-order valence-corrected chi connectivity index (χ3v) is 7.70. The number of nitrogens with zero attached hydrogens (tertiary/aromatic N) is 2. The van der Waals surface area contributed by atoms with Crippen molar-refractivity contribution in [1.82, 2.24) is 8.97 Å². The molecule has 2 aromatic rings. The highest BCUT2D eigenvalue weighted by molar-refractivity contribution is 5.44. The number of likely N-dealkylation sites (tertiary alicyclic amines) is 2. The van der Waals surface area contributed by atoms with Gasteiger partial charge in [-0.05, 0) is 49.9 Å². The van der Waals surface area contributed by atoms with Crippen LogP contribution in [0.2, 0.25) is 0 Å². The zero-order valence-corrected chi connectivity index (χ0v) is 19.4. The summed E-state index contributed by atoms with van der Waals surface area (Å²) in [5.41, 5.74) is 3.02. The number of unbranched alkanes of at least 4 members (excludes halogenated alkanes) is 2. The van der Waals surface area contributed by atoms with Crippen LogP contribution in [0.25, 0.3) is 0 Å². The van der Waals surface area contributed by atoms with Crippen molar-refractivity contribution in [3.63, 3.8) is 0 Å². The molecule has 2 saturated heterocycles. The molecule has 31 heavy (non-hydrogen) atoms. The first-order chi connectivity index (χ1) is 15.3. The molecule has 0 N–H and O–H groups in total. The van der Waals surface area contributed by atoms with E-state index in [1.807, 2.05) is 0 Å². The largest absolute Gasteiger partial charge is 0.381 e. The standard InChI is InChI=1S/C28H42N2O/c1-3-15-27(16-4-1)29(19-7-8-20-29)23-11-13-25-31-26-14-12-24-30(21-9-10-22-30)28-17-5-2-6-18-28/h1-6,15-18H,7-14,19-26H2/q+2. The van der Waals surface area contributed by atoms with Crippen molar-refractivity contribution >= 4 is 11.4 Å². The van der Waals surface area contributed by atoms with Gasteiger partial charge in [-0.1, -0.05) is 36.4 Å². The molecule has 2 aliphatic heterocycles. The van der Waals surface area contributed by atoms with Crippen LogP contribution < -0.4 is 8.97 Å². The Balaban J connectivity index is 1.11. The van der Waals surface area contributed by atoms with Gasteiger partial charge in [0, 0.05) is 38.9 Å². The van der Waals surface area contributed by atoms with Crippen LogP contribution in [0.5, 0.6) is 0 Å². The second-order valence-electron chi connectivity index (χ2n) is 9.74. The van der Waals surface area contributed by atoms with Gasteiger partial charge in [0.05, 0.1) is 39.3 Å². The number of ether oxygens (including phenoxy) is 1. The molecule has 0 aliphatic carbocycles. The fraction of sp³-hybridized carbons (Fsp3) is 0.571. The van der Waals surface area contributed by atoms with Crippen LogP contribution in [0, 0.1) is 0 Å². The van der Waals surface area contributed by atoms with Crippen LogP contribution in [0.4, 0.5) is 11.4 Å². The molecule has 0 saturated carbocycles. The minimum atomic E-state index is 0.924. The molecule has 0 bridgehead atoms. The average molecular weight is 423 g/mol. The maximum atomic E-state index is 6.03. The molecule has 2 fully saturated rings. The van der Waals surface area contributed by atoms with Gasteiger partial charge >= 0.3 is 0 Å². The summed E-state index contributed by atoms with van der Waals surface area (Å²) < 4.78 is 8.42. The van der Waals surface area contributed by atoms with Crippen LogP contribution in [-0.4, -0.2) is 52.5 Å². The van der Waals surface area contributed by atoms with E-state index in [1.165, 1.54) is 111 Å². The van der Waals surface area contributed by atoms with Gasteiger partial charge in [0.15, 0.2) is 0 Å². The van der Waals surface area contributed by atoms with E-state index in [2.05, 4.69) is 60.7 Å². The minimum absolute atomic E-state index is 0.924. The highest BCUT2D eigenvalue weighted by Crippen LogP contribution is 2.31. The summed E-state index contributed by atoms with van der Waals surface area (Å²) in [6.45, 7) is 9.63. The maximum Gasteiger partial charge on any atom is 0.132 e. The first-order valence-corrected chi connectivity index (χ1v) is 12.7. The van der Waals surface area contributed by atoms with Crippen LogP contribution in [-0.2, 0) is 4.74 Å². The van der Waals surface area contributed by atoms with Crippen molar-refractivity contribution in [2.24, 2.45) is 0 Å². The Bertz CT molecular complexity index is 684. The Hall–Kier alpha value is -1.68. The monoisotopic (exact) mass is 422 g/mol. The van der Waals surface area contributed by atoms with Crippen molar-refractivity contribution < 1.29 is 4.74 Å². The van der Waals surface area contributed by atoms with Crippen molar-refractivity contribution in [1.29, 1.82) is 0 Å². The number of hydrogen-bond donors (Lipinski definition) is 0. The quantitative estimate of drug-likeness (QED) is 0.294. The number of quaternary nitrogens is 2. The summed E-state index contributed by atoms with van der Waals surface area (Å²) in [4.78, 5) is 0. The molecule has 168 valence electrons. The van der Waals surface area contributed by atoms with Gasteiger partial charge in [0.1, 0.15) is 11.4 Å². The summed E-state index contributed by atoms with van der Waals surface area (Å²) in [5.74, 6) is 0. The molecule has 0 amide bonds. The van der Waals surface area contributed by atoms with Crippen molar-refractivity contribution in [3.8, 4) is 0 Å². The summed E-state index contributed by atoms with van der Waals surface area (Å²) in [6, 6.07) is 22.4. The SMILES string of the molecule is c1ccc([N+]2(CCCCOCCCC[N+]3(c4ccccc4)CCCC3)CCCC2)cc1. The summed E-state index contributed by atoms with van der Waals surface area (Å²) >= 11 is 0. The third kappa shape index (κ3) is 5.77. The molecular weight excluding hydrogens is 380 g/mol. The van der Waals surface area contributed by atoms with E-state index in [0.29, 0.717) is 0 Å². The summed E-state index contributed by atoms with van der Waals surface area (Å²) in [7, 11) is 0. The Morgan fingerprint density at radius 1 is 0.516 bits per heavy atom. The maximum absolute atomic E-state index is 6.03. The van der Waals surface area contributed by atoms with Gasteiger partial charge in [-0.3, -0.25) is 8.97 Å². The zero-order valence-electron chi connectivity index (χ0n) is 19.4. The molecule has 0 aromatic heterocycles. The number of benzene rings is 2. The van der Waals surface area contributed by atoms with E-state index in [0.717, 1.165) is 13.2 Å². The first kappa shape index (κ1) is 22.5. The Morgan fingerprint density at radius 2 is 0.903 bits per heavy atom. The van der Waals surface area contributed by atoms with Crippen LogP contribution in [0.1, 0.15) is 51.4 Å². The Labute approximate surface area is 189 Å². The van der Waals surface area contributed by atoms with Crippen molar-refractivity contribution in [2.45, 2.75) is 51.4 Å². The molecule has 3 heteroatoms. The topological polar surface area (TPSA) is 9.23 Å². The van der Waals surface area contributed by atoms with Crippen molar-refractivity contribution in [2.75, 3.05) is 52.5 Å². The third-order valence-electron chi connectivity index (χ3n) is 7.70. The van der Waals surface area contributed by atoms with E-state index < -0.39 is 0 Å². The molecule has 2 heterocycles. The van der Waals surface area contributed by atoms with Gasteiger partial charge in [-0.2, -0.15) is 0 Å². The van der Waals surface area contributed by atoms with Crippen LogP contribution in [0.3, 0.4) is 0 Å². The summed E-state index contributed by atoms with van der Waals surface area (Å²) in [6.07, 6.45) is 10.4. The van der Waals surface area contributed by atoms with Gasteiger partial charge in [0.2, 0.25) is 0 Å². The second kappa shape index (κ2) is 11.3. The molecule has 2 aromatic carbocycles. The predicted octanol–water partition coefficient (Wildman–Crippen LogP) is 6.17. The Morgan fingerprint density at radius 3 is 1.29 bits per heavy atom. The predicted molar refractivity (Wildman–Crippen MR) is 133 cm³/mol. The average Bonchev–Trinajstić information content (AvgIpc) is 3.51. The first-order valence-electron chi connectivity index (χ1n) is 12.7. The van der Waals surface area contributed by atoms with E-state index in [1.54, 1.807) is 0 Å². The smallest absolute Gasteiger partial charge is 0.132 e. The zero-order chi connectivity index (χ0) is 21.2. The molecule has 0 radical (unpaired) electrons. The number of hydrogen-bond acceptors (Lipinski definition) is 1. The van der Waals surface area contributed by atoms with Crippen LogP contribution in [0.15, 0.2) is 60.7 Å². The van der Waals surface area contributed by atoms with Gasteiger partial charge < -0.3 is 4.74 Å². The highest BCUT2D eigenvalue weighted by Gasteiger charge is 2.34. The lowest BCUT2D eigenvalue weighted by molar-refractivity contribution is 0.122. The van der Waals surface area contributed by atoms with Gasteiger partial charge in [-0.15, -0.1) is 0 Å². The fourth-order valence-electron chi connectivity index (χ4n) is 5.93. The minimum Gasteiger partial charge on any atom is -0.381 e. The summed E-state index contributed by atoms with van der Waals surface area (Å²) in [5, 5.41) is 0. The van der Waals surface area contributed by atoms with Crippen molar-refractivity contribution in [3.05, 3.63) is 60.7 Å². The van der Waals surface area contributed by atoms with Crippen LogP contribution >= 0.6 is 0 Å². The molecule has 4 rings (SSSR count). The fourth-order valence-corrected chi connectivity index (χ4v) is 5.93. The Kier molecular flexibility index (Phi) is 8.18. The molecular formula is C28H42N2O+2. The second-order valence-corrected chi connectivity index (χ2v) is 9.74. The lowest BCUT2D eigenvalue weighted by Crippen LogP contribution is -2.47. The molecule has 0 atom stereocenters.